The van der Waals surface area contributed by atoms with Crippen molar-refractivity contribution >= 4 is 17.0 Å². The maximum Gasteiger partial charge on any atom is 0.124 e. The molecule has 0 aliphatic carbocycles. The lowest BCUT2D eigenvalue weighted by Crippen LogP contribution is -1.89. The van der Waals surface area contributed by atoms with Crippen molar-refractivity contribution in [2.75, 3.05) is 5.73 Å². The first-order valence-corrected chi connectivity index (χ1v) is 6.85. The van der Waals surface area contributed by atoms with Gasteiger partial charge in [-0.3, -0.25) is 4.98 Å². The zero-order valence-electron chi connectivity index (χ0n) is 10.5. The fourth-order valence-electron chi connectivity index (χ4n) is 1.96. The zero-order valence-corrected chi connectivity index (χ0v) is 11.3. The summed E-state index contributed by atoms with van der Waals surface area (Å²) >= 11 is 1.63. The molecule has 2 N–H and O–H groups in total. The Morgan fingerprint density at radius 1 is 1.11 bits per heavy atom. The number of para-hydroxylation sites is 1. The Kier molecular flexibility index (Phi) is 3.01. The van der Waals surface area contributed by atoms with Gasteiger partial charge in [-0.2, -0.15) is 0 Å². The summed E-state index contributed by atoms with van der Waals surface area (Å²) in [7, 11) is 0. The second-order valence-electron chi connectivity index (χ2n) is 4.32. The Balaban J connectivity index is 2.06. The van der Waals surface area contributed by atoms with Crippen LogP contribution < -0.4 is 5.73 Å². The monoisotopic (exact) mass is 267 g/mol. The van der Waals surface area contributed by atoms with Gasteiger partial charge in [0, 0.05) is 34.6 Å². The number of pyridine rings is 1. The third-order valence-electron chi connectivity index (χ3n) is 2.99. The molecule has 0 saturated carbocycles. The molecule has 0 fully saturated rings. The highest BCUT2D eigenvalue weighted by Crippen LogP contribution is 2.32. The Labute approximate surface area is 115 Å². The lowest BCUT2D eigenvalue weighted by molar-refractivity contribution is 1.26. The first-order chi connectivity index (χ1) is 9.25. The molecule has 2 heterocycles. The third kappa shape index (κ3) is 2.22. The molecule has 94 valence electrons. The van der Waals surface area contributed by atoms with Gasteiger partial charge in [-0.25, -0.2) is 4.98 Å². The average molecular weight is 267 g/mol. The van der Waals surface area contributed by atoms with Gasteiger partial charge in [0.05, 0.1) is 5.69 Å². The van der Waals surface area contributed by atoms with Gasteiger partial charge in [0.1, 0.15) is 5.01 Å². The van der Waals surface area contributed by atoms with Crippen LogP contribution in [0.5, 0.6) is 0 Å². The SMILES string of the molecule is Cc1cnccc1-c1nc(-c2ccccc2N)cs1. The molecule has 0 aliphatic heterocycles. The van der Waals surface area contributed by atoms with Gasteiger partial charge >= 0.3 is 0 Å². The minimum Gasteiger partial charge on any atom is -0.398 e. The van der Waals surface area contributed by atoms with Crippen LogP contribution in [-0.4, -0.2) is 9.97 Å². The smallest absolute Gasteiger partial charge is 0.124 e. The number of aromatic nitrogens is 2. The largest absolute Gasteiger partial charge is 0.398 e. The highest BCUT2D eigenvalue weighted by atomic mass is 32.1. The summed E-state index contributed by atoms with van der Waals surface area (Å²) in [6.07, 6.45) is 3.65. The highest BCUT2D eigenvalue weighted by Gasteiger charge is 2.10. The maximum absolute atomic E-state index is 5.99. The van der Waals surface area contributed by atoms with Crippen molar-refractivity contribution in [1.29, 1.82) is 0 Å². The first kappa shape index (κ1) is 11.9. The van der Waals surface area contributed by atoms with Gasteiger partial charge < -0.3 is 5.73 Å². The number of hydrogen-bond donors (Lipinski definition) is 1. The summed E-state index contributed by atoms with van der Waals surface area (Å²) in [5.74, 6) is 0. The molecule has 0 aliphatic rings. The maximum atomic E-state index is 5.99. The van der Waals surface area contributed by atoms with Gasteiger partial charge in [-0.1, -0.05) is 18.2 Å². The molecular weight excluding hydrogens is 254 g/mol. The summed E-state index contributed by atoms with van der Waals surface area (Å²) in [5, 5.41) is 3.04. The van der Waals surface area contributed by atoms with Crippen LogP contribution in [0.1, 0.15) is 5.56 Å². The first-order valence-electron chi connectivity index (χ1n) is 5.97. The van der Waals surface area contributed by atoms with E-state index in [4.69, 9.17) is 5.73 Å². The van der Waals surface area contributed by atoms with Crippen LogP contribution in [0.2, 0.25) is 0 Å². The van der Waals surface area contributed by atoms with Crippen LogP contribution >= 0.6 is 11.3 Å². The number of nitrogens with zero attached hydrogens (tertiary/aromatic N) is 2. The molecule has 0 amide bonds. The van der Waals surface area contributed by atoms with E-state index in [2.05, 4.69) is 9.97 Å². The summed E-state index contributed by atoms with van der Waals surface area (Å²) in [6.45, 7) is 2.04. The van der Waals surface area contributed by atoms with E-state index in [9.17, 15) is 0 Å². The quantitative estimate of drug-likeness (QED) is 0.719. The molecule has 0 spiro atoms. The van der Waals surface area contributed by atoms with E-state index in [-0.39, 0.29) is 0 Å². The Hall–Kier alpha value is -2.20. The van der Waals surface area contributed by atoms with Crippen LogP contribution in [0.25, 0.3) is 21.8 Å². The minimum absolute atomic E-state index is 0.755. The average Bonchev–Trinajstić information content (AvgIpc) is 2.89. The number of hydrogen-bond acceptors (Lipinski definition) is 4. The van der Waals surface area contributed by atoms with Crippen molar-refractivity contribution in [2.24, 2.45) is 0 Å². The number of rotatable bonds is 2. The molecular formula is C15H13N3S. The van der Waals surface area contributed by atoms with E-state index in [1.54, 1.807) is 17.5 Å². The molecule has 19 heavy (non-hydrogen) atoms. The Morgan fingerprint density at radius 2 is 1.95 bits per heavy atom. The van der Waals surface area contributed by atoms with E-state index < -0.39 is 0 Å². The van der Waals surface area contributed by atoms with Crippen molar-refractivity contribution < 1.29 is 0 Å². The lowest BCUT2D eigenvalue weighted by Gasteiger charge is -2.02. The van der Waals surface area contributed by atoms with Crippen LogP contribution in [-0.2, 0) is 0 Å². The standard InChI is InChI=1S/C15H13N3S/c1-10-8-17-7-6-11(10)15-18-14(9-19-15)12-4-2-3-5-13(12)16/h2-9H,16H2,1H3. The second-order valence-corrected chi connectivity index (χ2v) is 5.17. The van der Waals surface area contributed by atoms with Crippen molar-refractivity contribution in [2.45, 2.75) is 6.92 Å². The topological polar surface area (TPSA) is 51.8 Å². The van der Waals surface area contributed by atoms with Crippen LogP contribution in [0.4, 0.5) is 5.69 Å². The fraction of sp³-hybridized carbons (Fsp3) is 0.0667. The van der Waals surface area contributed by atoms with Gasteiger partial charge in [-0.15, -0.1) is 11.3 Å². The van der Waals surface area contributed by atoms with E-state index in [0.717, 1.165) is 33.1 Å². The van der Waals surface area contributed by atoms with Crippen LogP contribution in [0.15, 0.2) is 48.1 Å². The van der Waals surface area contributed by atoms with E-state index in [0.29, 0.717) is 0 Å². The lowest BCUT2D eigenvalue weighted by atomic mass is 10.1. The molecule has 0 bridgehead atoms. The molecule has 3 aromatic rings. The molecule has 0 atom stereocenters. The van der Waals surface area contributed by atoms with E-state index in [1.165, 1.54) is 0 Å². The Bertz CT molecular complexity index is 659. The number of anilines is 1. The van der Waals surface area contributed by atoms with Crippen molar-refractivity contribution in [3.8, 4) is 21.8 Å². The van der Waals surface area contributed by atoms with Crippen molar-refractivity contribution in [3.05, 3.63) is 53.7 Å². The summed E-state index contributed by atoms with van der Waals surface area (Å²) in [4.78, 5) is 8.79. The highest BCUT2D eigenvalue weighted by molar-refractivity contribution is 7.13. The number of aryl methyl sites for hydroxylation is 1. The van der Waals surface area contributed by atoms with Crippen LogP contribution in [0, 0.1) is 6.92 Å². The predicted molar refractivity (Wildman–Crippen MR) is 79.9 cm³/mol. The van der Waals surface area contributed by atoms with Crippen molar-refractivity contribution in [3.63, 3.8) is 0 Å². The van der Waals surface area contributed by atoms with Gasteiger partial charge in [0.2, 0.25) is 0 Å². The summed E-state index contributed by atoms with van der Waals surface area (Å²) in [5.41, 5.74) is 10.9. The number of nitrogens with two attached hydrogens (primary N) is 1. The predicted octanol–water partition coefficient (Wildman–Crippen LogP) is 3.76. The second kappa shape index (κ2) is 4.82. The van der Waals surface area contributed by atoms with E-state index in [1.807, 2.05) is 48.8 Å². The number of nitrogen functional groups attached to an aromatic ring is 1. The van der Waals surface area contributed by atoms with Gasteiger partial charge in [0.25, 0.3) is 0 Å². The van der Waals surface area contributed by atoms with Gasteiger partial charge in [0.15, 0.2) is 0 Å². The molecule has 3 rings (SSSR count). The molecule has 0 unspecified atom stereocenters. The molecule has 4 heteroatoms. The van der Waals surface area contributed by atoms with E-state index >= 15 is 0 Å². The summed E-state index contributed by atoms with van der Waals surface area (Å²) in [6, 6.07) is 9.79. The molecule has 0 radical (unpaired) electrons. The normalized spacial score (nSPS) is 10.6. The van der Waals surface area contributed by atoms with Crippen molar-refractivity contribution in [1.82, 2.24) is 9.97 Å². The molecule has 1 aromatic carbocycles. The number of benzene rings is 1. The number of thiazole rings is 1. The molecule has 2 aromatic heterocycles. The van der Waals surface area contributed by atoms with Gasteiger partial charge in [-0.05, 0) is 24.6 Å². The fourth-order valence-corrected chi connectivity index (χ4v) is 2.87. The third-order valence-corrected chi connectivity index (χ3v) is 3.87. The molecule has 3 nitrogen and oxygen atoms in total. The summed E-state index contributed by atoms with van der Waals surface area (Å²) < 4.78 is 0. The Morgan fingerprint density at radius 3 is 2.74 bits per heavy atom. The van der Waals surface area contributed by atoms with Crippen LogP contribution in [0.3, 0.4) is 0 Å². The minimum atomic E-state index is 0.755. The zero-order chi connectivity index (χ0) is 13.2. The molecule has 0 saturated heterocycles.